The molecule has 0 amide bonds. The second-order valence-electron chi connectivity index (χ2n) is 9.66. The van der Waals surface area contributed by atoms with Crippen molar-refractivity contribution < 1.29 is 8.42 Å². The van der Waals surface area contributed by atoms with Crippen LogP contribution in [-0.4, -0.2) is 30.4 Å². The fourth-order valence-corrected chi connectivity index (χ4v) is 6.89. The van der Waals surface area contributed by atoms with Gasteiger partial charge in [0.1, 0.15) is 0 Å². The lowest BCUT2D eigenvalue weighted by atomic mass is 9.97. The Morgan fingerprint density at radius 1 is 0.857 bits per heavy atom. The summed E-state index contributed by atoms with van der Waals surface area (Å²) in [6.07, 6.45) is 2.81. The number of hydrogen-bond donors (Lipinski definition) is 0. The van der Waals surface area contributed by atoms with E-state index in [9.17, 15) is 8.42 Å². The van der Waals surface area contributed by atoms with Crippen molar-refractivity contribution in [1.82, 2.24) is 8.87 Å². The zero-order valence-electron chi connectivity index (χ0n) is 20.9. The molecule has 0 atom stereocenters. The van der Waals surface area contributed by atoms with Crippen LogP contribution in [-0.2, 0) is 16.6 Å². The highest BCUT2D eigenvalue weighted by Gasteiger charge is 2.28. The molecule has 0 fully saturated rings. The van der Waals surface area contributed by atoms with Crippen LogP contribution in [0, 0.1) is 27.7 Å². The summed E-state index contributed by atoms with van der Waals surface area (Å²) in [5.74, 6) is 0. The molecule has 0 radical (unpaired) electrons. The minimum Gasteiger partial charge on any atom is -0.340 e. The maximum Gasteiger partial charge on any atom is 0.243 e. The van der Waals surface area contributed by atoms with Crippen LogP contribution in [0.15, 0.2) is 77.7 Å². The molecule has 1 aromatic heterocycles. The molecule has 0 aliphatic carbocycles. The molecule has 0 unspecified atom stereocenters. The van der Waals surface area contributed by atoms with Crippen LogP contribution >= 0.6 is 0 Å². The Balaban J connectivity index is 1.50. The van der Waals surface area contributed by atoms with Crippen LogP contribution in [0.2, 0.25) is 0 Å². The van der Waals surface area contributed by atoms with Crippen molar-refractivity contribution in [3.63, 3.8) is 0 Å². The summed E-state index contributed by atoms with van der Waals surface area (Å²) < 4.78 is 30.7. The molecule has 0 N–H and O–H groups in total. The van der Waals surface area contributed by atoms with Crippen molar-refractivity contribution >= 4 is 26.5 Å². The van der Waals surface area contributed by atoms with Gasteiger partial charge in [0.2, 0.25) is 10.0 Å². The van der Waals surface area contributed by atoms with E-state index in [0.717, 1.165) is 17.7 Å². The van der Waals surface area contributed by atoms with Crippen molar-refractivity contribution in [2.45, 2.75) is 45.6 Å². The van der Waals surface area contributed by atoms with Crippen molar-refractivity contribution in [3.8, 4) is 0 Å². The normalized spacial score (nSPS) is 14.9. The van der Waals surface area contributed by atoms with E-state index in [2.05, 4.69) is 73.0 Å². The number of aryl methyl sites for hydroxylation is 3. The molecule has 2 heterocycles. The third-order valence-electron chi connectivity index (χ3n) is 7.15. The molecule has 4 aromatic rings. The maximum atomic E-state index is 13.3. The Hall–Kier alpha value is -3.15. The third-order valence-corrected chi connectivity index (χ3v) is 8.99. The number of benzene rings is 3. The molecule has 180 valence electrons. The third kappa shape index (κ3) is 4.35. The molecular weight excluding hydrogens is 452 g/mol. The fraction of sp³-hybridized carbons (Fsp3) is 0.267. The van der Waals surface area contributed by atoms with Gasteiger partial charge in [-0.2, -0.15) is 4.31 Å². The van der Waals surface area contributed by atoms with E-state index in [0.29, 0.717) is 24.4 Å². The zero-order chi connectivity index (χ0) is 24.7. The summed E-state index contributed by atoms with van der Waals surface area (Å²) in [6.45, 7) is 9.92. The molecule has 35 heavy (non-hydrogen) atoms. The van der Waals surface area contributed by atoms with Gasteiger partial charge in [-0.1, -0.05) is 54.6 Å². The standard InChI is InChI=1S/C30H32N2O2S/c1-21-17-22(2)19-27(18-21)35(33,34)31-15-13-25(14-16-31)30-24(4)32(29-12-8-7-11-28(29)30)20-26-10-6-5-9-23(26)3/h5-13,17-19H,14-16,20H2,1-4H3. The van der Waals surface area contributed by atoms with Gasteiger partial charge >= 0.3 is 0 Å². The lowest BCUT2D eigenvalue weighted by Gasteiger charge is -2.26. The molecule has 0 saturated carbocycles. The van der Waals surface area contributed by atoms with Crippen LogP contribution < -0.4 is 0 Å². The van der Waals surface area contributed by atoms with Gasteiger partial charge in [0, 0.05) is 41.8 Å². The first-order chi connectivity index (χ1) is 16.8. The van der Waals surface area contributed by atoms with Crippen molar-refractivity contribution in [2.24, 2.45) is 0 Å². The molecule has 4 nitrogen and oxygen atoms in total. The predicted molar refractivity (Wildman–Crippen MR) is 144 cm³/mol. The van der Waals surface area contributed by atoms with Gasteiger partial charge < -0.3 is 4.57 Å². The summed E-state index contributed by atoms with van der Waals surface area (Å²) in [6, 6.07) is 22.6. The van der Waals surface area contributed by atoms with Crippen LogP contribution in [0.3, 0.4) is 0 Å². The molecule has 5 rings (SSSR count). The number of nitrogens with zero attached hydrogens (tertiary/aromatic N) is 2. The van der Waals surface area contributed by atoms with Crippen molar-refractivity contribution in [3.05, 3.63) is 106 Å². The molecule has 3 aromatic carbocycles. The molecule has 1 aliphatic rings. The summed E-state index contributed by atoms with van der Waals surface area (Å²) >= 11 is 0. The molecular formula is C30H32N2O2S. The van der Waals surface area contributed by atoms with Crippen LogP contribution in [0.5, 0.6) is 0 Å². The van der Waals surface area contributed by atoms with Gasteiger partial charge in [0.05, 0.1) is 4.90 Å². The number of aromatic nitrogens is 1. The summed E-state index contributed by atoms with van der Waals surface area (Å²) in [5, 5.41) is 1.23. The number of fused-ring (bicyclic) bond motifs is 1. The monoisotopic (exact) mass is 484 g/mol. The van der Waals surface area contributed by atoms with Gasteiger partial charge in [0.25, 0.3) is 0 Å². The average molecular weight is 485 g/mol. The Kier molecular flexibility index (Phi) is 6.16. The average Bonchev–Trinajstić information content (AvgIpc) is 3.11. The number of hydrogen-bond acceptors (Lipinski definition) is 2. The van der Waals surface area contributed by atoms with E-state index in [1.165, 1.54) is 38.9 Å². The van der Waals surface area contributed by atoms with Crippen molar-refractivity contribution in [1.29, 1.82) is 0 Å². The Bertz CT molecular complexity index is 1540. The van der Waals surface area contributed by atoms with Gasteiger partial charge in [0.15, 0.2) is 0 Å². The number of rotatable bonds is 5. The van der Waals surface area contributed by atoms with Gasteiger partial charge in [-0.3, -0.25) is 0 Å². The van der Waals surface area contributed by atoms with E-state index >= 15 is 0 Å². The largest absolute Gasteiger partial charge is 0.340 e. The first-order valence-corrected chi connectivity index (χ1v) is 13.6. The van der Waals surface area contributed by atoms with E-state index in [-0.39, 0.29) is 0 Å². The van der Waals surface area contributed by atoms with Crippen LogP contribution in [0.4, 0.5) is 0 Å². The fourth-order valence-electron chi connectivity index (χ4n) is 5.32. The lowest BCUT2D eigenvalue weighted by molar-refractivity contribution is 0.441. The zero-order valence-corrected chi connectivity index (χ0v) is 21.7. The summed E-state index contributed by atoms with van der Waals surface area (Å²) in [5.41, 5.74) is 9.46. The smallest absolute Gasteiger partial charge is 0.243 e. The Labute approximate surface area is 208 Å². The highest BCUT2D eigenvalue weighted by molar-refractivity contribution is 7.89. The van der Waals surface area contributed by atoms with Crippen LogP contribution in [0.25, 0.3) is 16.5 Å². The topological polar surface area (TPSA) is 42.3 Å². The summed E-state index contributed by atoms with van der Waals surface area (Å²) in [4.78, 5) is 0.387. The second-order valence-corrected chi connectivity index (χ2v) is 11.6. The molecule has 0 bridgehead atoms. The minimum absolute atomic E-state index is 0.387. The maximum absolute atomic E-state index is 13.3. The first kappa shape index (κ1) is 23.6. The van der Waals surface area contributed by atoms with E-state index in [4.69, 9.17) is 0 Å². The SMILES string of the molecule is Cc1cc(C)cc(S(=O)(=O)N2CC=C(c3c(C)n(Cc4ccccc4C)c4ccccc34)CC2)c1. The minimum atomic E-state index is -3.52. The second kappa shape index (κ2) is 9.14. The van der Waals surface area contributed by atoms with E-state index < -0.39 is 10.0 Å². The Morgan fingerprint density at radius 2 is 1.54 bits per heavy atom. The van der Waals surface area contributed by atoms with Crippen molar-refractivity contribution in [2.75, 3.05) is 13.1 Å². The molecule has 0 saturated heterocycles. The predicted octanol–water partition coefficient (Wildman–Crippen LogP) is 6.40. The number of sulfonamides is 1. The first-order valence-electron chi connectivity index (χ1n) is 12.2. The lowest BCUT2D eigenvalue weighted by Crippen LogP contribution is -2.34. The Morgan fingerprint density at radius 3 is 2.23 bits per heavy atom. The quantitative estimate of drug-likeness (QED) is 0.329. The highest BCUT2D eigenvalue weighted by atomic mass is 32.2. The number of para-hydroxylation sites is 1. The highest BCUT2D eigenvalue weighted by Crippen LogP contribution is 2.36. The molecule has 5 heteroatoms. The van der Waals surface area contributed by atoms with E-state index in [1.807, 2.05) is 19.9 Å². The molecule has 0 spiro atoms. The van der Waals surface area contributed by atoms with E-state index in [1.54, 1.807) is 16.4 Å². The van der Waals surface area contributed by atoms with Gasteiger partial charge in [-0.05, 0) is 80.1 Å². The molecule has 1 aliphatic heterocycles. The van der Waals surface area contributed by atoms with Crippen LogP contribution in [0.1, 0.15) is 39.9 Å². The van der Waals surface area contributed by atoms with Gasteiger partial charge in [-0.25, -0.2) is 8.42 Å². The summed E-state index contributed by atoms with van der Waals surface area (Å²) in [7, 11) is -3.52. The van der Waals surface area contributed by atoms with Gasteiger partial charge in [-0.15, -0.1) is 0 Å².